The van der Waals surface area contributed by atoms with Gasteiger partial charge in [-0.1, -0.05) is 60.1 Å². The number of rotatable bonds is 7. The van der Waals surface area contributed by atoms with Crippen molar-refractivity contribution in [3.8, 4) is 23.3 Å². The molecule has 5 heteroatoms. The van der Waals surface area contributed by atoms with Gasteiger partial charge in [0.1, 0.15) is 11.7 Å². The number of halogens is 1. The van der Waals surface area contributed by atoms with Gasteiger partial charge in [0.05, 0.1) is 11.1 Å². The molecule has 0 bridgehead atoms. The van der Waals surface area contributed by atoms with Crippen molar-refractivity contribution in [2.45, 2.75) is 25.9 Å². The molecule has 0 spiro atoms. The monoisotopic (exact) mass is 405 g/mol. The van der Waals surface area contributed by atoms with Gasteiger partial charge in [0.25, 0.3) is 0 Å². The van der Waals surface area contributed by atoms with Gasteiger partial charge in [0.2, 0.25) is 0 Å². The molecular weight excluding hydrogens is 386 g/mol. The summed E-state index contributed by atoms with van der Waals surface area (Å²) in [4.78, 5) is 12.8. The summed E-state index contributed by atoms with van der Waals surface area (Å²) in [6, 6.07) is 23.6. The highest BCUT2D eigenvalue weighted by Gasteiger charge is 2.27. The molecule has 0 aliphatic heterocycles. The largest absolute Gasteiger partial charge is 0.479 e. The molecule has 0 fully saturated rings. The number of Topliss-reactive ketones (excluding diaryl/α,β-unsaturated/α-hetero) is 1. The number of hydrogen-bond donors (Lipinski definition) is 0. The Hall–Kier alpha value is -3.29. The third kappa shape index (κ3) is 4.96. The molecule has 3 aromatic carbocycles. The predicted molar refractivity (Wildman–Crippen MR) is 113 cm³/mol. The van der Waals surface area contributed by atoms with E-state index in [9.17, 15) is 10.1 Å². The van der Waals surface area contributed by atoms with Gasteiger partial charge < -0.3 is 9.47 Å². The standard InChI is InChI=1S/C24H20ClNO3/c1-16-12-13-21(20(25)14-16)29-23-11-7-6-10-22(23)28-17(2)24(27)19(15-26)18-8-4-3-5-9-18/h3-14,17,19H,1-2H3. The van der Waals surface area contributed by atoms with Crippen molar-refractivity contribution in [2.75, 3.05) is 0 Å². The number of carbonyl (C=O) groups is 1. The first-order chi connectivity index (χ1) is 14.0. The lowest BCUT2D eigenvalue weighted by Gasteiger charge is -2.19. The van der Waals surface area contributed by atoms with E-state index >= 15 is 0 Å². The summed E-state index contributed by atoms with van der Waals surface area (Å²) in [5.74, 6) is 0.111. The quantitative estimate of drug-likeness (QED) is 0.477. The smallest absolute Gasteiger partial charge is 0.194 e. The summed E-state index contributed by atoms with van der Waals surface area (Å²) in [5.41, 5.74) is 1.67. The lowest BCUT2D eigenvalue weighted by atomic mass is 9.93. The van der Waals surface area contributed by atoms with Crippen LogP contribution in [0.5, 0.6) is 17.2 Å². The molecule has 0 N–H and O–H groups in total. The number of hydrogen-bond acceptors (Lipinski definition) is 4. The Kier molecular flexibility index (Phi) is 6.54. The molecule has 29 heavy (non-hydrogen) atoms. The lowest BCUT2D eigenvalue weighted by molar-refractivity contribution is -0.125. The second kappa shape index (κ2) is 9.27. The topological polar surface area (TPSA) is 59.3 Å². The molecule has 3 aromatic rings. The van der Waals surface area contributed by atoms with Crippen molar-refractivity contribution in [1.82, 2.24) is 0 Å². The van der Waals surface area contributed by atoms with E-state index < -0.39 is 12.0 Å². The normalized spacial score (nSPS) is 12.5. The van der Waals surface area contributed by atoms with Crippen LogP contribution < -0.4 is 9.47 Å². The van der Waals surface area contributed by atoms with Gasteiger partial charge in [-0.05, 0) is 49.2 Å². The van der Waals surface area contributed by atoms with Crippen molar-refractivity contribution in [3.63, 3.8) is 0 Å². The van der Waals surface area contributed by atoms with E-state index in [4.69, 9.17) is 21.1 Å². The van der Waals surface area contributed by atoms with E-state index in [0.29, 0.717) is 27.8 Å². The van der Waals surface area contributed by atoms with E-state index in [1.807, 2.05) is 25.1 Å². The fourth-order valence-corrected chi connectivity index (χ4v) is 3.14. The molecule has 0 heterocycles. The minimum Gasteiger partial charge on any atom is -0.479 e. The van der Waals surface area contributed by atoms with Crippen LogP contribution in [0.1, 0.15) is 24.0 Å². The molecule has 146 valence electrons. The first-order valence-electron chi connectivity index (χ1n) is 9.17. The Labute approximate surface area is 175 Å². The highest BCUT2D eigenvalue weighted by Crippen LogP contribution is 2.36. The number of nitrogens with zero attached hydrogens (tertiary/aromatic N) is 1. The van der Waals surface area contributed by atoms with E-state index in [-0.39, 0.29) is 5.78 Å². The number of benzene rings is 3. The van der Waals surface area contributed by atoms with Crippen LogP contribution in [0.2, 0.25) is 5.02 Å². The highest BCUT2D eigenvalue weighted by atomic mass is 35.5. The maximum absolute atomic E-state index is 12.8. The molecule has 4 nitrogen and oxygen atoms in total. The van der Waals surface area contributed by atoms with Crippen LogP contribution in [0.15, 0.2) is 72.8 Å². The van der Waals surface area contributed by atoms with Crippen LogP contribution in [0.3, 0.4) is 0 Å². The SMILES string of the molecule is Cc1ccc(Oc2ccccc2OC(C)C(=O)C(C#N)c2ccccc2)c(Cl)c1. The molecule has 0 aliphatic carbocycles. The summed E-state index contributed by atoms with van der Waals surface area (Å²) >= 11 is 6.26. The summed E-state index contributed by atoms with van der Waals surface area (Å²) in [6.07, 6.45) is -0.835. The average molecular weight is 406 g/mol. The Morgan fingerprint density at radius 3 is 2.28 bits per heavy atom. The number of carbonyl (C=O) groups excluding carboxylic acids is 1. The van der Waals surface area contributed by atoms with Crippen molar-refractivity contribution in [1.29, 1.82) is 5.26 Å². The third-order valence-corrected chi connectivity index (χ3v) is 4.70. The van der Waals surface area contributed by atoms with Crippen molar-refractivity contribution in [3.05, 3.63) is 88.9 Å². The number of ketones is 1. The first-order valence-corrected chi connectivity index (χ1v) is 9.55. The molecular formula is C24H20ClNO3. The van der Waals surface area contributed by atoms with Gasteiger partial charge in [-0.3, -0.25) is 4.79 Å². The number of nitriles is 1. The molecule has 0 saturated heterocycles. The minimum atomic E-state index is -0.897. The lowest BCUT2D eigenvalue weighted by Crippen LogP contribution is -2.28. The van der Waals surface area contributed by atoms with Gasteiger partial charge in [0, 0.05) is 0 Å². The number of para-hydroxylation sites is 2. The van der Waals surface area contributed by atoms with Crippen molar-refractivity contribution >= 4 is 17.4 Å². The van der Waals surface area contributed by atoms with Crippen LogP contribution in [-0.2, 0) is 4.79 Å². The molecule has 2 unspecified atom stereocenters. The third-order valence-electron chi connectivity index (χ3n) is 4.41. The highest BCUT2D eigenvalue weighted by molar-refractivity contribution is 6.32. The first kappa shape index (κ1) is 20.4. The van der Waals surface area contributed by atoms with E-state index in [0.717, 1.165) is 5.56 Å². The summed E-state index contributed by atoms with van der Waals surface area (Å²) < 4.78 is 11.8. The van der Waals surface area contributed by atoms with Crippen LogP contribution in [0, 0.1) is 18.3 Å². The van der Waals surface area contributed by atoms with Crippen LogP contribution in [0.4, 0.5) is 0 Å². The molecule has 0 aromatic heterocycles. The summed E-state index contributed by atoms with van der Waals surface area (Å²) in [7, 11) is 0. The molecule has 2 atom stereocenters. The Bertz CT molecular complexity index is 1040. The van der Waals surface area contributed by atoms with Gasteiger partial charge in [-0.25, -0.2) is 0 Å². The molecule has 3 rings (SSSR count). The van der Waals surface area contributed by atoms with Crippen LogP contribution >= 0.6 is 11.6 Å². The zero-order chi connectivity index (χ0) is 20.8. The summed E-state index contributed by atoms with van der Waals surface area (Å²) in [5, 5.41) is 9.99. The fourth-order valence-electron chi connectivity index (χ4n) is 2.87. The Morgan fingerprint density at radius 1 is 0.966 bits per heavy atom. The van der Waals surface area contributed by atoms with Crippen molar-refractivity contribution < 1.29 is 14.3 Å². The molecule has 0 amide bonds. The predicted octanol–water partition coefficient (Wildman–Crippen LogP) is 6.08. The second-order valence-corrected chi connectivity index (χ2v) is 7.03. The average Bonchev–Trinajstić information content (AvgIpc) is 2.72. The zero-order valence-electron chi connectivity index (χ0n) is 16.1. The minimum absolute atomic E-state index is 0.318. The van der Waals surface area contributed by atoms with Crippen LogP contribution in [0.25, 0.3) is 0 Å². The Morgan fingerprint density at radius 2 is 1.62 bits per heavy atom. The van der Waals surface area contributed by atoms with Crippen molar-refractivity contribution in [2.24, 2.45) is 0 Å². The molecule has 0 aliphatic rings. The van der Waals surface area contributed by atoms with Crippen LogP contribution in [-0.4, -0.2) is 11.9 Å². The van der Waals surface area contributed by atoms with Gasteiger partial charge in [-0.2, -0.15) is 5.26 Å². The summed E-state index contributed by atoms with van der Waals surface area (Å²) in [6.45, 7) is 3.57. The zero-order valence-corrected chi connectivity index (χ0v) is 16.9. The van der Waals surface area contributed by atoms with E-state index in [1.54, 1.807) is 61.5 Å². The molecule has 0 saturated carbocycles. The van der Waals surface area contributed by atoms with Gasteiger partial charge in [-0.15, -0.1) is 0 Å². The van der Waals surface area contributed by atoms with Gasteiger partial charge >= 0.3 is 0 Å². The number of aryl methyl sites for hydroxylation is 1. The van der Waals surface area contributed by atoms with E-state index in [2.05, 4.69) is 6.07 Å². The van der Waals surface area contributed by atoms with E-state index in [1.165, 1.54) is 0 Å². The van der Waals surface area contributed by atoms with Gasteiger partial charge in [0.15, 0.2) is 23.4 Å². The molecule has 0 radical (unpaired) electrons. The fraction of sp³-hybridized carbons (Fsp3) is 0.167. The Balaban J connectivity index is 1.79. The maximum atomic E-state index is 12.8. The number of ether oxygens (including phenoxy) is 2. The second-order valence-electron chi connectivity index (χ2n) is 6.62. The maximum Gasteiger partial charge on any atom is 0.194 e.